The average molecular weight is 667 g/mol. The summed E-state index contributed by atoms with van der Waals surface area (Å²) in [6.45, 7) is 6.04. The number of rotatable bonds is 9. The lowest BCUT2D eigenvalue weighted by Gasteiger charge is -2.20. The van der Waals surface area contributed by atoms with Gasteiger partial charge in [0, 0.05) is 33.4 Å². The molecule has 0 amide bonds. The van der Waals surface area contributed by atoms with Crippen molar-refractivity contribution in [2.24, 2.45) is 0 Å². The molecule has 0 atom stereocenters. The van der Waals surface area contributed by atoms with Crippen LogP contribution in [0.3, 0.4) is 0 Å². The van der Waals surface area contributed by atoms with Crippen LogP contribution in [0.4, 0.5) is 0 Å². The van der Waals surface area contributed by atoms with E-state index in [4.69, 9.17) is 42.6 Å². The fourth-order valence-corrected chi connectivity index (χ4v) is 5.50. The lowest BCUT2D eigenvalue weighted by molar-refractivity contribution is 0.0516. The average Bonchev–Trinajstić information content (AvgIpc) is 3.07. The Morgan fingerprint density at radius 1 is 0.458 bits per heavy atom. The third-order valence-corrected chi connectivity index (χ3v) is 7.42. The number of benzene rings is 3. The standard InChI is InChI=1S/C36H42O12/c1-7-46-34(37)22-10-25-16-43-18-27-12-23(35(38)47-8-2)14-29(32(27)41-5)20-45-21-30-15-24(36(39)48-9-3)13-28(33(30)42-6)19-44-17-26(11-22)31(25)40-4/h10-15H,7-9,16-21H2,1-6H3. The van der Waals surface area contributed by atoms with Gasteiger partial charge >= 0.3 is 17.9 Å². The highest BCUT2D eigenvalue weighted by molar-refractivity contribution is 5.91. The van der Waals surface area contributed by atoms with E-state index in [1.165, 1.54) is 21.3 Å². The third kappa shape index (κ3) is 8.62. The van der Waals surface area contributed by atoms with Gasteiger partial charge in [-0.25, -0.2) is 14.4 Å². The summed E-state index contributed by atoms with van der Waals surface area (Å²) in [4.78, 5) is 38.6. The maximum absolute atomic E-state index is 12.9. The van der Waals surface area contributed by atoms with Gasteiger partial charge in [-0.2, -0.15) is 0 Å². The van der Waals surface area contributed by atoms with E-state index < -0.39 is 17.9 Å². The smallest absolute Gasteiger partial charge is 0.338 e. The summed E-state index contributed by atoms with van der Waals surface area (Å²) in [5.74, 6) is -0.111. The maximum Gasteiger partial charge on any atom is 0.338 e. The molecule has 0 unspecified atom stereocenters. The van der Waals surface area contributed by atoms with Crippen molar-refractivity contribution in [2.45, 2.75) is 60.4 Å². The summed E-state index contributed by atoms with van der Waals surface area (Å²) in [5, 5.41) is 0. The monoisotopic (exact) mass is 666 g/mol. The number of esters is 3. The first kappa shape index (κ1) is 36.2. The van der Waals surface area contributed by atoms with Crippen LogP contribution in [0.2, 0.25) is 0 Å². The molecule has 0 spiro atoms. The Labute approximate surface area is 280 Å². The van der Waals surface area contributed by atoms with E-state index in [0.717, 1.165) is 0 Å². The van der Waals surface area contributed by atoms with Gasteiger partial charge in [-0.3, -0.25) is 0 Å². The van der Waals surface area contributed by atoms with Gasteiger partial charge < -0.3 is 42.6 Å². The Hall–Kier alpha value is -4.65. The molecule has 0 radical (unpaired) electrons. The minimum Gasteiger partial charge on any atom is -0.496 e. The summed E-state index contributed by atoms with van der Waals surface area (Å²) in [6, 6.07) is 9.93. The molecule has 0 saturated heterocycles. The molecule has 3 aromatic carbocycles. The van der Waals surface area contributed by atoms with Crippen LogP contribution in [0.5, 0.6) is 17.2 Å². The normalized spacial score (nSPS) is 13.4. The molecule has 0 aliphatic carbocycles. The van der Waals surface area contributed by atoms with Crippen LogP contribution in [0.25, 0.3) is 0 Å². The molecule has 0 saturated carbocycles. The number of methoxy groups -OCH3 is 3. The number of fused-ring (bicyclic) bond motifs is 6. The Morgan fingerprint density at radius 2 is 0.667 bits per heavy atom. The second-order valence-electron chi connectivity index (χ2n) is 10.6. The number of carbonyl (C=O) groups is 3. The van der Waals surface area contributed by atoms with Crippen molar-refractivity contribution in [1.82, 2.24) is 0 Å². The summed E-state index contributed by atoms with van der Waals surface area (Å²) in [5.41, 5.74) is 4.38. The Kier molecular flexibility index (Phi) is 13.2. The molecule has 12 heteroatoms. The topological polar surface area (TPSA) is 134 Å². The number of carbonyl (C=O) groups excluding carboxylic acids is 3. The van der Waals surface area contributed by atoms with E-state index in [1.54, 1.807) is 57.2 Å². The van der Waals surface area contributed by atoms with Crippen molar-refractivity contribution < 1.29 is 57.0 Å². The van der Waals surface area contributed by atoms with E-state index in [9.17, 15) is 14.4 Å². The maximum atomic E-state index is 12.9. The van der Waals surface area contributed by atoms with Crippen LogP contribution in [0.1, 0.15) is 85.2 Å². The molecule has 0 fully saturated rings. The molecule has 1 aliphatic heterocycles. The molecule has 4 rings (SSSR count). The lowest BCUT2D eigenvalue weighted by atomic mass is 10.0. The molecule has 6 bridgehead atoms. The van der Waals surface area contributed by atoms with Crippen molar-refractivity contribution in [1.29, 1.82) is 0 Å². The predicted octanol–water partition coefficient (Wildman–Crippen LogP) is 5.71. The van der Waals surface area contributed by atoms with Gasteiger partial charge in [-0.15, -0.1) is 0 Å². The van der Waals surface area contributed by atoms with Crippen LogP contribution in [-0.2, 0) is 68.1 Å². The van der Waals surface area contributed by atoms with E-state index in [2.05, 4.69) is 0 Å². The molecular formula is C36H42O12. The van der Waals surface area contributed by atoms with Crippen molar-refractivity contribution in [3.8, 4) is 17.2 Å². The molecular weight excluding hydrogens is 624 g/mol. The molecule has 0 N–H and O–H groups in total. The molecule has 258 valence electrons. The number of ether oxygens (including phenoxy) is 9. The highest BCUT2D eigenvalue weighted by atomic mass is 16.5. The van der Waals surface area contributed by atoms with Gasteiger partial charge in [0.05, 0.1) is 97.5 Å². The van der Waals surface area contributed by atoms with Gasteiger partial charge in [0.2, 0.25) is 0 Å². The first-order chi connectivity index (χ1) is 23.3. The largest absolute Gasteiger partial charge is 0.496 e. The van der Waals surface area contributed by atoms with Crippen molar-refractivity contribution in [3.63, 3.8) is 0 Å². The van der Waals surface area contributed by atoms with Crippen molar-refractivity contribution in [2.75, 3.05) is 41.2 Å². The second kappa shape index (κ2) is 17.5. The van der Waals surface area contributed by atoms with Crippen LogP contribution >= 0.6 is 0 Å². The van der Waals surface area contributed by atoms with Crippen LogP contribution in [0.15, 0.2) is 36.4 Å². The minimum absolute atomic E-state index is 0.0425. The van der Waals surface area contributed by atoms with Crippen LogP contribution < -0.4 is 14.2 Å². The van der Waals surface area contributed by atoms with Gasteiger partial charge in [0.15, 0.2) is 0 Å². The van der Waals surface area contributed by atoms with Gasteiger partial charge in [0.25, 0.3) is 0 Å². The second-order valence-corrected chi connectivity index (χ2v) is 10.6. The zero-order valence-electron chi connectivity index (χ0n) is 28.2. The molecule has 12 nitrogen and oxygen atoms in total. The highest BCUT2D eigenvalue weighted by Crippen LogP contribution is 2.33. The van der Waals surface area contributed by atoms with Gasteiger partial charge in [0.1, 0.15) is 17.2 Å². The van der Waals surface area contributed by atoms with Gasteiger partial charge in [-0.05, 0) is 57.2 Å². The quantitative estimate of drug-likeness (QED) is 0.205. The molecule has 1 aliphatic rings. The summed E-state index contributed by atoms with van der Waals surface area (Å²) in [6.07, 6.45) is 0. The number of hydrogen-bond donors (Lipinski definition) is 0. The van der Waals surface area contributed by atoms with E-state index in [1.807, 2.05) is 0 Å². The zero-order valence-corrected chi connectivity index (χ0v) is 28.2. The summed E-state index contributed by atoms with van der Waals surface area (Å²) < 4.78 is 51.6. The zero-order chi connectivity index (χ0) is 34.6. The third-order valence-electron chi connectivity index (χ3n) is 7.42. The van der Waals surface area contributed by atoms with Crippen LogP contribution in [-0.4, -0.2) is 59.1 Å². The first-order valence-electron chi connectivity index (χ1n) is 15.6. The molecule has 3 aromatic rings. The Balaban J connectivity index is 1.87. The minimum atomic E-state index is -0.508. The lowest BCUT2D eigenvalue weighted by Crippen LogP contribution is -2.12. The Morgan fingerprint density at radius 3 is 0.833 bits per heavy atom. The van der Waals surface area contributed by atoms with E-state index >= 15 is 0 Å². The molecule has 48 heavy (non-hydrogen) atoms. The highest BCUT2D eigenvalue weighted by Gasteiger charge is 2.22. The predicted molar refractivity (Wildman–Crippen MR) is 172 cm³/mol. The fraction of sp³-hybridized carbons (Fsp3) is 0.417. The number of hydrogen-bond acceptors (Lipinski definition) is 12. The summed E-state index contributed by atoms with van der Waals surface area (Å²) in [7, 11) is 4.57. The fourth-order valence-electron chi connectivity index (χ4n) is 5.50. The molecule has 1 heterocycles. The Bertz CT molecular complexity index is 1350. The van der Waals surface area contributed by atoms with Crippen LogP contribution in [0, 0.1) is 0 Å². The SMILES string of the molecule is CCOC(=O)c1cc2c(OC)c(c1)COCc1cc(C(=O)OCC)cc(c1OC)COCc1cc(C(=O)OCC)cc(c1OC)COC2. The van der Waals surface area contributed by atoms with Gasteiger partial charge in [-0.1, -0.05) is 0 Å². The van der Waals surface area contributed by atoms with Crippen molar-refractivity contribution >= 4 is 17.9 Å². The van der Waals surface area contributed by atoms with E-state index in [-0.39, 0.29) is 59.5 Å². The molecule has 0 aromatic heterocycles. The van der Waals surface area contributed by atoms with E-state index in [0.29, 0.717) is 67.3 Å². The summed E-state index contributed by atoms with van der Waals surface area (Å²) >= 11 is 0. The first-order valence-corrected chi connectivity index (χ1v) is 15.6. The van der Waals surface area contributed by atoms with Crippen molar-refractivity contribution in [3.05, 3.63) is 86.5 Å².